The van der Waals surface area contributed by atoms with Crippen LogP contribution in [0, 0.1) is 11.6 Å². The summed E-state index contributed by atoms with van der Waals surface area (Å²) in [5, 5.41) is 5.06. The van der Waals surface area contributed by atoms with Gasteiger partial charge in [-0.2, -0.15) is 0 Å². The van der Waals surface area contributed by atoms with E-state index in [1.165, 1.54) is 12.3 Å². The van der Waals surface area contributed by atoms with Gasteiger partial charge in [-0.05, 0) is 66.6 Å². The minimum absolute atomic E-state index is 0.00118. The van der Waals surface area contributed by atoms with Gasteiger partial charge in [-0.3, -0.25) is 9.78 Å². The Morgan fingerprint density at radius 1 is 0.915 bits per heavy atom. The van der Waals surface area contributed by atoms with Crippen molar-refractivity contribution in [3.8, 4) is 0 Å². The number of hydrogen-bond acceptors (Lipinski definition) is 8. The molecule has 3 atom stereocenters. The lowest BCUT2D eigenvalue weighted by atomic mass is 10.0. The zero-order chi connectivity index (χ0) is 34.4. The normalized spacial score (nSPS) is 13.6. The molecule has 9 nitrogen and oxygen atoms in total. The number of nitrogens with zero attached hydrogens (tertiary/aromatic N) is 1. The molecule has 3 rings (SSSR count). The summed E-state index contributed by atoms with van der Waals surface area (Å²) in [4.78, 5) is 30.9. The maximum absolute atomic E-state index is 14.0. The highest BCUT2D eigenvalue weighted by atomic mass is 32.2. The van der Waals surface area contributed by atoms with Gasteiger partial charge in [-0.25, -0.2) is 22.0 Å². The molecule has 1 heterocycles. The Morgan fingerprint density at radius 3 is 2.21 bits per heavy atom. The first-order valence-electron chi connectivity index (χ1n) is 16.1. The van der Waals surface area contributed by atoms with Gasteiger partial charge in [0, 0.05) is 31.4 Å². The summed E-state index contributed by atoms with van der Waals surface area (Å²) < 4.78 is 60.9. The molecule has 0 aliphatic rings. The number of nitrogens with two attached hydrogens (primary N) is 1. The van der Waals surface area contributed by atoms with Crippen LogP contribution in [0.1, 0.15) is 73.6 Å². The summed E-state index contributed by atoms with van der Waals surface area (Å²) in [7, 11) is -3.86. The van der Waals surface area contributed by atoms with Crippen molar-refractivity contribution in [1.29, 1.82) is 0 Å². The van der Waals surface area contributed by atoms with Gasteiger partial charge in [0.15, 0.2) is 9.84 Å². The molecule has 0 spiro atoms. The van der Waals surface area contributed by atoms with Crippen molar-refractivity contribution >= 4 is 21.7 Å². The SMILES string of the molecule is CCCC(CCC)S(=O)(=O)CC(NC(=O)c1ccccn1)C(=O)O[C@H](CNCc1cccc(CC)c1)[C@@H](N)Cc1cc(F)cc(F)c1. The van der Waals surface area contributed by atoms with Crippen LogP contribution in [0.5, 0.6) is 0 Å². The van der Waals surface area contributed by atoms with E-state index in [9.17, 15) is 26.8 Å². The second-order valence-corrected chi connectivity index (χ2v) is 14.0. The Kier molecular flexibility index (Phi) is 14.9. The number of amides is 1. The lowest BCUT2D eigenvalue weighted by molar-refractivity contribution is -0.151. The van der Waals surface area contributed by atoms with Crippen LogP contribution in [0.15, 0.2) is 66.9 Å². The molecule has 0 aliphatic heterocycles. The van der Waals surface area contributed by atoms with E-state index in [1.54, 1.807) is 12.1 Å². The molecule has 4 N–H and O–H groups in total. The van der Waals surface area contributed by atoms with E-state index in [0.717, 1.165) is 35.7 Å². The lowest BCUT2D eigenvalue weighted by Crippen LogP contribution is -2.52. The molecule has 0 fully saturated rings. The Hall–Kier alpha value is -3.74. The van der Waals surface area contributed by atoms with Crippen molar-refractivity contribution < 1.29 is 31.5 Å². The molecule has 2 aromatic carbocycles. The van der Waals surface area contributed by atoms with Crippen molar-refractivity contribution in [1.82, 2.24) is 15.6 Å². The molecular formula is C35H46F2N4O5S. The third-order valence-electron chi connectivity index (χ3n) is 7.83. The van der Waals surface area contributed by atoms with Crippen molar-refractivity contribution in [2.24, 2.45) is 5.73 Å². The standard InChI is InChI=1S/C35H46F2N4O5S/c1-4-10-29(11-5-2)47(44,45)23-32(41-34(42)31-14-7-8-15-40-31)35(43)46-33(22-39-21-25-13-9-12-24(6-3)16-25)30(38)19-26-17-27(36)20-28(37)18-26/h7-9,12-18,20,29-30,32-33,39H,4-6,10-11,19,21-23,38H2,1-3H3,(H,41,42)/t30-,32?,33+/m0/s1. The van der Waals surface area contributed by atoms with Gasteiger partial charge in [-0.1, -0.05) is 63.9 Å². The first kappa shape index (κ1) is 37.7. The third kappa shape index (κ3) is 12.1. The number of aryl methyl sites for hydroxylation is 1. The van der Waals surface area contributed by atoms with E-state index in [2.05, 4.69) is 15.6 Å². The van der Waals surface area contributed by atoms with Gasteiger partial charge in [0.2, 0.25) is 0 Å². The molecule has 47 heavy (non-hydrogen) atoms. The van der Waals surface area contributed by atoms with Crippen LogP contribution in [0.25, 0.3) is 0 Å². The quantitative estimate of drug-likeness (QED) is 0.156. The van der Waals surface area contributed by atoms with Gasteiger partial charge in [0.25, 0.3) is 5.91 Å². The number of carbonyl (C=O) groups excluding carboxylic acids is 2. The molecular weight excluding hydrogens is 626 g/mol. The number of hydrogen-bond donors (Lipinski definition) is 3. The van der Waals surface area contributed by atoms with Crippen LogP contribution in [0.4, 0.5) is 8.78 Å². The highest BCUT2D eigenvalue weighted by molar-refractivity contribution is 7.92. The number of benzene rings is 2. The minimum Gasteiger partial charge on any atom is -0.458 e. The Bertz CT molecular complexity index is 1530. The maximum atomic E-state index is 14.0. The smallest absolute Gasteiger partial charge is 0.330 e. The zero-order valence-corrected chi connectivity index (χ0v) is 28.1. The molecule has 12 heteroatoms. The summed E-state index contributed by atoms with van der Waals surface area (Å²) in [6.45, 7) is 6.27. The second-order valence-electron chi connectivity index (χ2n) is 11.7. The number of sulfone groups is 1. The van der Waals surface area contributed by atoms with E-state index in [0.29, 0.717) is 32.2 Å². The summed E-state index contributed by atoms with van der Waals surface area (Å²) in [5.74, 6) is -3.96. The first-order chi connectivity index (χ1) is 22.4. The van der Waals surface area contributed by atoms with E-state index in [-0.39, 0.29) is 24.2 Å². The monoisotopic (exact) mass is 672 g/mol. The summed E-state index contributed by atoms with van der Waals surface area (Å²) in [6, 6.07) is 13.1. The topological polar surface area (TPSA) is 140 Å². The zero-order valence-electron chi connectivity index (χ0n) is 27.3. The van der Waals surface area contributed by atoms with Crippen LogP contribution in [0.3, 0.4) is 0 Å². The molecule has 0 radical (unpaired) electrons. The number of carbonyl (C=O) groups is 2. The van der Waals surface area contributed by atoms with Crippen LogP contribution >= 0.6 is 0 Å². The molecule has 3 aromatic rings. The van der Waals surface area contributed by atoms with Crippen molar-refractivity contribution in [3.63, 3.8) is 0 Å². The largest absolute Gasteiger partial charge is 0.458 e. The van der Waals surface area contributed by atoms with Gasteiger partial charge in [0.05, 0.1) is 11.0 Å². The first-order valence-corrected chi connectivity index (χ1v) is 17.8. The fourth-order valence-corrected chi connectivity index (χ4v) is 7.52. The van der Waals surface area contributed by atoms with E-state index >= 15 is 0 Å². The molecule has 1 amide bonds. The number of esters is 1. The van der Waals surface area contributed by atoms with Gasteiger partial charge in [0.1, 0.15) is 29.5 Å². The lowest BCUT2D eigenvalue weighted by Gasteiger charge is -2.28. The third-order valence-corrected chi connectivity index (χ3v) is 10.1. The van der Waals surface area contributed by atoms with Crippen LogP contribution < -0.4 is 16.4 Å². The number of ether oxygens (including phenoxy) is 1. The molecule has 1 aromatic heterocycles. The highest BCUT2D eigenvalue weighted by Gasteiger charge is 2.35. The molecule has 1 unspecified atom stereocenters. The number of rotatable bonds is 19. The molecule has 256 valence electrons. The van der Waals surface area contributed by atoms with Crippen molar-refractivity contribution in [3.05, 3.63) is 101 Å². The molecule has 0 saturated carbocycles. The van der Waals surface area contributed by atoms with Gasteiger partial charge >= 0.3 is 5.97 Å². The minimum atomic E-state index is -3.86. The Morgan fingerprint density at radius 2 is 1.60 bits per heavy atom. The average molecular weight is 673 g/mol. The molecule has 0 aliphatic carbocycles. The Balaban J connectivity index is 1.88. The number of halogens is 2. The van der Waals surface area contributed by atoms with E-state index < -0.39 is 62.5 Å². The summed E-state index contributed by atoms with van der Waals surface area (Å²) in [5.41, 5.74) is 8.89. The van der Waals surface area contributed by atoms with Gasteiger partial charge < -0.3 is 21.1 Å². The van der Waals surface area contributed by atoms with Crippen molar-refractivity contribution in [2.75, 3.05) is 12.3 Å². The van der Waals surface area contributed by atoms with Gasteiger partial charge in [-0.15, -0.1) is 0 Å². The highest BCUT2D eigenvalue weighted by Crippen LogP contribution is 2.18. The van der Waals surface area contributed by atoms with E-state index in [4.69, 9.17) is 10.5 Å². The fourth-order valence-electron chi connectivity index (χ4n) is 5.38. The van der Waals surface area contributed by atoms with Crippen LogP contribution in [0.2, 0.25) is 0 Å². The number of pyridine rings is 1. The Labute approximate surface area is 276 Å². The summed E-state index contributed by atoms with van der Waals surface area (Å²) in [6.07, 6.45) is 3.24. The molecule has 0 bridgehead atoms. The predicted octanol–water partition coefficient (Wildman–Crippen LogP) is 4.68. The second kappa shape index (κ2) is 18.6. The van der Waals surface area contributed by atoms with E-state index in [1.807, 2.05) is 45.0 Å². The fraction of sp³-hybridized carbons (Fsp3) is 0.457. The average Bonchev–Trinajstić information content (AvgIpc) is 3.03. The number of nitrogens with one attached hydrogen (secondary N) is 2. The summed E-state index contributed by atoms with van der Waals surface area (Å²) >= 11 is 0. The number of aromatic nitrogens is 1. The maximum Gasteiger partial charge on any atom is 0.330 e. The van der Waals surface area contributed by atoms with Crippen molar-refractivity contribution in [2.45, 2.75) is 89.3 Å². The molecule has 0 saturated heterocycles. The van der Waals surface area contributed by atoms with Crippen LogP contribution in [-0.2, 0) is 38.8 Å². The predicted molar refractivity (Wildman–Crippen MR) is 178 cm³/mol. The van der Waals surface area contributed by atoms with Crippen LogP contribution in [-0.4, -0.2) is 61.0 Å².